The van der Waals surface area contributed by atoms with Crippen LogP contribution in [0.4, 0.5) is 35.2 Å². The van der Waals surface area contributed by atoms with Gasteiger partial charge in [-0.25, -0.2) is 9.78 Å². The number of anilines is 3. The number of hydrogen-bond acceptors (Lipinski definition) is 4. The quantitative estimate of drug-likeness (QED) is 0.220. The lowest BCUT2D eigenvalue weighted by molar-refractivity contribution is -0.137. The molecular weight excluding hydrogens is 565 g/mol. The van der Waals surface area contributed by atoms with Crippen LogP contribution >= 0.6 is 11.6 Å². The molecule has 11 heteroatoms. The van der Waals surface area contributed by atoms with E-state index in [-0.39, 0.29) is 5.69 Å². The number of amides is 2. The second kappa shape index (κ2) is 11.9. The smallest absolute Gasteiger partial charge is 0.358 e. The van der Waals surface area contributed by atoms with Crippen LogP contribution in [0.5, 0.6) is 0 Å². The number of pyridine rings is 1. The molecule has 7 nitrogen and oxygen atoms in total. The van der Waals surface area contributed by atoms with Crippen molar-refractivity contribution in [3.8, 4) is 0 Å². The summed E-state index contributed by atoms with van der Waals surface area (Å²) in [7, 11) is 0. The molecule has 2 aromatic heterocycles. The van der Waals surface area contributed by atoms with E-state index in [0.29, 0.717) is 23.2 Å². The Kier molecular flexibility index (Phi) is 8.00. The molecule has 2 aromatic carbocycles. The van der Waals surface area contributed by atoms with Gasteiger partial charge >= 0.3 is 12.2 Å². The zero-order valence-corrected chi connectivity index (χ0v) is 23.7. The van der Waals surface area contributed by atoms with E-state index in [0.717, 1.165) is 54.7 Å². The molecule has 0 unspecified atom stereocenters. The number of benzene rings is 2. The summed E-state index contributed by atoms with van der Waals surface area (Å²) >= 11 is 6.06. The number of urea groups is 1. The maximum absolute atomic E-state index is 12.8. The highest BCUT2D eigenvalue weighted by Crippen LogP contribution is 2.36. The molecule has 2 amide bonds. The van der Waals surface area contributed by atoms with Crippen molar-refractivity contribution in [3.63, 3.8) is 0 Å². The van der Waals surface area contributed by atoms with Crippen molar-refractivity contribution in [2.24, 2.45) is 0 Å². The number of aromatic nitrogens is 2. The molecule has 0 spiro atoms. The highest BCUT2D eigenvalue weighted by Gasteiger charge is 2.31. The van der Waals surface area contributed by atoms with Gasteiger partial charge in [0.1, 0.15) is 11.3 Å². The minimum Gasteiger partial charge on any atom is -0.358 e. The third kappa shape index (κ3) is 6.34. The second-order valence-corrected chi connectivity index (χ2v) is 11.4. The van der Waals surface area contributed by atoms with Crippen LogP contribution in [0.15, 0.2) is 66.9 Å². The predicted octanol–water partition coefficient (Wildman–Crippen LogP) is 7.73. The Bertz CT molecular complexity index is 1520. The van der Waals surface area contributed by atoms with Crippen molar-refractivity contribution >= 4 is 45.9 Å². The summed E-state index contributed by atoms with van der Waals surface area (Å²) in [4.78, 5) is 25.4. The van der Waals surface area contributed by atoms with Crippen molar-refractivity contribution in [1.29, 1.82) is 0 Å². The Balaban J connectivity index is 1.03. The minimum atomic E-state index is -4.43. The van der Waals surface area contributed by atoms with Crippen LogP contribution in [0.25, 0.3) is 11.0 Å². The van der Waals surface area contributed by atoms with E-state index in [4.69, 9.17) is 16.6 Å². The fourth-order valence-corrected chi connectivity index (χ4v) is 6.24. The van der Waals surface area contributed by atoms with Crippen LogP contribution in [0.3, 0.4) is 0 Å². The van der Waals surface area contributed by atoms with Crippen LogP contribution in [-0.4, -0.2) is 53.1 Å². The Morgan fingerprint density at radius 1 is 0.881 bits per heavy atom. The summed E-state index contributed by atoms with van der Waals surface area (Å²) in [5.41, 5.74) is 2.76. The molecule has 220 valence electrons. The highest BCUT2D eigenvalue weighted by atomic mass is 35.5. The number of carbonyl (C=O) groups excluding carboxylic acids is 1. The fraction of sp³-hybridized carbons (Fsp3) is 0.355. The second-order valence-electron chi connectivity index (χ2n) is 11.0. The monoisotopic (exact) mass is 596 g/mol. The average Bonchev–Trinajstić information content (AvgIpc) is 3.39. The van der Waals surface area contributed by atoms with Crippen LogP contribution in [-0.2, 0) is 6.18 Å². The molecule has 1 saturated carbocycles. The van der Waals surface area contributed by atoms with Gasteiger partial charge in [0, 0.05) is 49.1 Å². The molecule has 3 N–H and O–H groups in total. The van der Waals surface area contributed by atoms with Crippen LogP contribution in [0.1, 0.15) is 42.7 Å². The van der Waals surface area contributed by atoms with E-state index in [1.807, 2.05) is 24.3 Å². The number of H-pyrrole nitrogens is 1. The average molecular weight is 597 g/mol. The summed E-state index contributed by atoms with van der Waals surface area (Å²) in [6.07, 6.45) is 2.01. The molecule has 0 atom stereocenters. The Morgan fingerprint density at radius 2 is 1.57 bits per heavy atom. The zero-order chi connectivity index (χ0) is 29.3. The Hall–Kier alpha value is -3.76. The first kappa shape index (κ1) is 28.4. The Morgan fingerprint density at radius 3 is 2.24 bits per heavy atom. The zero-order valence-electron chi connectivity index (χ0n) is 22.9. The molecule has 3 heterocycles. The van der Waals surface area contributed by atoms with Crippen molar-refractivity contribution in [2.45, 2.75) is 43.8 Å². The molecule has 1 aliphatic carbocycles. The number of nitrogens with one attached hydrogen (secondary N) is 3. The fourth-order valence-electron chi connectivity index (χ4n) is 6.11. The number of piperazine rings is 1. The van der Waals surface area contributed by atoms with Gasteiger partial charge in [0.25, 0.3) is 0 Å². The lowest BCUT2D eigenvalue weighted by Crippen LogP contribution is -2.51. The van der Waals surface area contributed by atoms with Crippen molar-refractivity contribution in [2.75, 3.05) is 41.7 Å². The van der Waals surface area contributed by atoms with E-state index in [1.165, 1.54) is 43.4 Å². The van der Waals surface area contributed by atoms with Crippen LogP contribution < -0.4 is 15.5 Å². The third-order valence-electron chi connectivity index (χ3n) is 8.42. The molecule has 0 radical (unpaired) electrons. The van der Waals surface area contributed by atoms with E-state index in [9.17, 15) is 18.0 Å². The molecule has 42 heavy (non-hydrogen) atoms. The van der Waals surface area contributed by atoms with Gasteiger partial charge < -0.3 is 20.5 Å². The lowest BCUT2D eigenvalue weighted by atomic mass is 9.81. The normalized spacial score (nSPS) is 20.0. The maximum Gasteiger partial charge on any atom is 0.416 e. The first-order chi connectivity index (χ1) is 20.2. The largest absolute Gasteiger partial charge is 0.416 e. The molecule has 2 fully saturated rings. The van der Waals surface area contributed by atoms with Gasteiger partial charge in [-0.3, -0.25) is 4.90 Å². The van der Waals surface area contributed by atoms with E-state index in [2.05, 4.69) is 37.6 Å². The molecule has 1 aliphatic heterocycles. The first-order valence-corrected chi connectivity index (χ1v) is 14.6. The van der Waals surface area contributed by atoms with Crippen LogP contribution in [0, 0.1) is 0 Å². The standard InChI is InChI=1S/C31H32ClF3N6O/c32-23-7-1-20(2-8-23)21-3-11-25(12-4-21)40-15-17-41(18-16-40)28-14-13-26-29(39-28)27(19-36-26)38-30(42)37-24-9-5-22(6-10-24)31(33,34)35/h1-2,5-10,13-14,19,21,25,36H,3-4,11-12,15-18H2,(H2,37,38,42). The number of carbonyl (C=O) groups is 1. The number of hydrogen-bond donors (Lipinski definition) is 3. The number of rotatable bonds is 5. The van der Waals surface area contributed by atoms with Gasteiger partial charge in [-0.2, -0.15) is 13.2 Å². The van der Waals surface area contributed by atoms with Gasteiger partial charge in [-0.1, -0.05) is 23.7 Å². The SMILES string of the molecule is O=C(Nc1ccc(C(F)(F)F)cc1)Nc1c[nH]c2ccc(N3CCN(C4CCC(c5ccc(Cl)cc5)CC4)CC3)nc12. The summed E-state index contributed by atoms with van der Waals surface area (Å²) < 4.78 is 38.4. The van der Waals surface area contributed by atoms with Gasteiger partial charge in [0.15, 0.2) is 0 Å². The lowest BCUT2D eigenvalue weighted by Gasteiger charge is -2.42. The summed E-state index contributed by atoms with van der Waals surface area (Å²) in [5.74, 6) is 1.45. The van der Waals surface area contributed by atoms with Gasteiger partial charge in [0.2, 0.25) is 0 Å². The molecule has 2 aliphatic rings. The van der Waals surface area contributed by atoms with Gasteiger partial charge in [-0.15, -0.1) is 0 Å². The van der Waals surface area contributed by atoms with Crippen molar-refractivity contribution in [1.82, 2.24) is 14.9 Å². The van der Waals surface area contributed by atoms with E-state index < -0.39 is 17.8 Å². The molecule has 6 rings (SSSR count). The van der Waals surface area contributed by atoms with Crippen molar-refractivity contribution < 1.29 is 18.0 Å². The number of nitrogens with zero attached hydrogens (tertiary/aromatic N) is 3. The Labute approximate surface area is 247 Å². The molecule has 0 bridgehead atoms. The van der Waals surface area contributed by atoms with Gasteiger partial charge in [-0.05, 0) is 85.7 Å². The summed E-state index contributed by atoms with van der Waals surface area (Å²) in [6, 6.07) is 16.6. The summed E-state index contributed by atoms with van der Waals surface area (Å²) in [5, 5.41) is 6.11. The number of alkyl halides is 3. The molecule has 4 aromatic rings. The predicted molar refractivity (Wildman–Crippen MR) is 160 cm³/mol. The number of fused-ring (bicyclic) bond motifs is 1. The summed E-state index contributed by atoms with van der Waals surface area (Å²) in [6.45, 7) is 3.70. The highest BCUT2D eigenvalue weighted by molar-refractivity contribution is 6.30. The van der Waals surface area contributed by atoms with Crippen molar-refractivity contribution in [3.05, 3.63) is 83.0 Å². The minimum absolute atomic E-state index is 0.255. The topological polar surface area (TPSA) is 76.3 Å². The maximum atomic E-state index is 12.8. The first-order valence-electron chi connectivity index (χ1n) is 14.2. The number of aromatic amines is 1. The molecule has 1 saturated heterocycles. The van der Waals surface area contributed by atoms with Crippen LogP contribution in [0.2, 0.25) is 5.02 Å². The third-order valence-corrected chi connectivity index (χ3v) is 8.67. The number of halogens is 4. The van der Waals surface area contributed by atoms with Gasteiger partial charge in [0.05, 0.1) is 16.8 Å². The van der Waals surface area contributed by atoms with E-state index >= 15 is 0 Å². The van der Waals surface area contributed by atoms with E-state index in [1.54, 1.807) is 6.20 Å². The molecular formula is C31H32ClF3N6O.